The van der Waals surface area contributed by atoms with Gasteiger partial charge in [-0.3, -0.25) is 14.1 Å². The van der Waals surface area contributed by atoms with Gasteiger partial charge in [-0.15, -0.1) is 0 Å². The second-order valence-corrected chi connectivity index (χ2v) is 9.86. The highest BCUT2D eigenvalue weighted by atomic mass is 32.2. The molecule has 0 atom stereocenters. The summed E-state index contributed by atoms with van der Waals surface area (Å²) < 4.78 is 82.8. The van der Waals surface area contributed by atoms with Crippen LogP contribution in [0, 0.1) is 17.5 Å². The second-order valence-electron chi connectivity index (χ2n) is 8.19. The van der Waals surface area contributed by atoms with E-state index in [1.807, 2.05) is 0 Å². The molecule has 0 aliphatic carbocycles. The van der Waals surface area contributed by atoms with Crippen LogP contribution in [0.15, 0.2) is 64.1 Å². The van der Waals surface area contributed by atoms with Crippen LogP contribution < -0.4 is 15.0 Å². The monoisotopic (exact) mass is 532 g/mol. The van der Waals surface area contributed by atoms with Crippen molar-refractivity contribution in [2.24, 2.45) is 0 Å². The number of nitrogens with one attached hydrogen (secondary N) is 1. The Morgan fingerprint density at radius 1 is 1.03 bits per heavy atom. The van der Waals surface area contributed by atoms with Gasteiger partial charge in [-0.1, -0.05) is 17.3 Å². The third-order valence-corrected chi connectivity index (χ3v) is 7.44. The Morgan fingerprint density at radius 3 is 2.54 bits per heavy atom. The lowest BCUT2D eigenvalue weighted by Crippen LogP contribution is -2.41. The third kappa shape index (κ3) is 4.58. The Kier molecular flexibility index (Phi) is 6.25. The van der Waals surface area contributed by atoms with Gasteiger partial charge in [0.15, 0.2) is 17.5 Å². The highest BCUT2D eigenvalue weighted by Crippen LogP contribution is 2.34. The smallest absolute Gasteiger partial charge is 0.303 e. The van der Waals surface area contributed by atoms with Crippen LogP contribution in [-0.4, -0.2) is 36.1 Å². The lowest BCUT2D eigenvalue weighted by Gasteiger charge is -2.30. The molecular formula is C24H19F3N4O5S. The molecule has 0 amide bonds. The van der Waals surface area contributed by atoms with Gasteiger partial charge >= 0.3 is 10.2 Å². The summed E-state index contributed by atoms with van der Waals surface area (Å²) in [7, 11) is -2.64. The van der Waals surface area contributed by atoms with Crippen LogP contribution in [0.3, 0.4) is 0 Å². The molecule has 13 heteroatoms. The van der Waals surface area contributed by atoms with E-state index in [1.54, 1.807) is 0 Å². The highest BCUT2D eigenvalue weighted by Gasteiger charge is 2.30. The van der Waals surface area contributed by atoms with Crippen molar-refractivity contribution in [1.82, 2.24) is 14.0 Å². The molecule has 0 spiro atoms. The van der Waals surface area contributed by atoms with Crippen molar-refractivity contribution >= 4 is 16.0 Å². The maximum Gasteiger partial charge on any atom is 0.303 e. The summed E-state index contributed by atoms with van der Waals surface area (Å²) in [5.41, 5.74) is 0.666. The van der Waals surface area contributed by atoms with Gasteiger partial charge in [0, 0.05) is 49.0 Å². The number of ether oxygens (including phenoxy) is 1. The normalized spacial score (nSPS) is 13.8. The summed E-state index contributed by atoms with van der Waals surface area (Å²) in [5.74, 6) is -2.85. The van der Waals surface area contributed by atoms with Crippen LogP contribution in [0.2, 0.25) is 0 Å². The molecule has 5 rings (SSSR count). The van der Waals surface area contributed by atoms with E-state index in [1.165, 1.54) is 52.6 Å². The van der Waals surface area contributed by atoms with Gasteiger partial charge in [0.1, 0.15) is 17.8 Å². The molecule has 0 saturated carbocycles. The first kappa shape index (κ1) is 24.6. The topological polar surface area (TPSA) is 107 Å². The number of benzene rings is 2. The summed E-state index contributed by atoms with van der Waals surface area (Å²) in [4.78, 5) is 12.9. The fourth-order valence-corrected chi connectivity index (χ4v) is 5.37. The lowest BCUT2D eigenvalue weighted by atomic mass is 10.0. The molecule has 0 radical (unpaired) electrons. The SMILES string of the molecule is COc1cc(-c2ccc(F)c(F)c2)c(F)cc1-n1c2c(ccc1=O)CN(S(=O)(=O)Nc1ccon1)CC2. The van der Waals surface area contributed by atoms with Crippen LogP contribution in [0.1, 0.15) is 11.3 Å². The molecule has 2 aromatic heterocycles. The highest BCUT2D eigenvalue weighted by molar-refractivity contribution is 7.90. The van der Waals surface area contributed by atoms with Crippen molar-refractivity contribution in [2.45, 2.75) is 13.0 Å². The zero-order valence-corrected chi connectivity index (χ0v) is 20.1. The second kappa shape index (κ2) is 9.41. The molecule has 1 N–H and O–H groups in total. The van der Waals surface area contributed by atoms with Gasteiger partial charge < -0.3 is 9.26 Å². The summed E-state index contributed by atoms with van der Waals surface area (Å²) in [6.07, 6.45) is 1.37. The van der Waals surface area contributed by atoms with E-state index in [2.05, 4.69) is 14.4 Å². The number of pyridine rings is 1. The average Bonchev–Trinajstić information content (AvgIpc) is 3.37. The van der Waals surface area contributed by atoms with E-state index in [9.17, 15) is 22.0 Å². The minimum atomic E-state index is -3.97. The quantitative estimate of drug-likeness (QED) is 0.407. The Balaban J connectivity index is 1.54. The zero-order valence-electron chi connectivity index (χ0n) is 19.2. The van der Waals surface area contributed by atoms with E-state index < -0.39 is 33.2 Å². The molecule has 2 aromatic carbocycles. The molecule has 0 fully saturated rings. The number of hydrogen-bond acceptors (Lipinski definition) is 6. The lowest BCUT2D eigenvalue weighted by molar-refractivity contribution is 0.384. The molecule has 3 heterocycles. The molecule has 1 aliphatic heterocycles. The number of aromatic nitrogens is 2. The Morgan fingerprint density at radius 2 is 1.84 bits per heavy atom. The van der Waals surface area contributed by atoms with Gasteiger partial charge in [-0.2, -0.15) is 12.7 Å². The third-order valence-electron chi connectivity index (χ3n) is 5.98. The number of rotatable bonds is 6. The molecule has 192 valence electrons. The summed E-state index contributed by atoms with van der Waals surface area (Å²) in [5, 5.41) is 3.55. The molecular weight excluding hydrogens is 513 g/mol. The summed E-state index contributed by atoms with van der Waals surface area (Å²) in [6.45, 7) is -0.0259. The van der Waals surface area contributed by atoms with E-state index in [0.29, 0.717) is 11.3 Å². The number of anilines is 1. The first-order chi connectivity index (χ1) is 17.7. The fraction of sp³-hybridized carbons (Fsp3) is 0.167. The van der Waals surface area contributed by atoms with Crippen molar-refractivity contribution < 1.29 is 30.8 Å². The van der Waals surface area contributed by atoms with Crippen molar-refractivity contribution in [1.29, 1.82) is 0 Å². The zero-order chi connectivity index (χ0) is 26.3. The molecule has 4 aromatic rings. The van der Waals surface area contributed by atoms with Gasteiger partial charge in [0.05, 0.1) is 12.8 Å². The van der Waals surface area contributed by atoms with E-state index >= 15 is 4.39 Å². The Hall–Kier alpha value is -4.10. The maximum absolute atomic E-state index is 15.2. The molecule has 9 nitrogen and oxygen atoms in total. The predicted molar refractivity (Wildman–Crippen MR) is 127 cm³/mol. The van der Waals surface area contributed by atoms with Crippen LogP contribution in [-0.2, 0) is 23.2 Å². The first-order valence-electron chi connectivity index (χ1n) is 10.9. The maximum atomic E-state index is 15.2. The van der Waals surface area contributed by atoms with Crippen LogP contribution in [0.5, 0.6) is 5.75 Å². The minimum Gasteiger partial charge on any atom is -0.495 e. The van der Waals surface area contributed by atoms with Crippen molar-refractivity contribution in [3.8, 4) is 22.6 Å². The van der Waals surface area contributed by atoms with Crippen LogP contribution in [0.25, 0.3) is 16.8 Å². The van der Waals surface area contributed by atoms with Gasteiger partial charge in [-0.25, -0.2) is 13.2 Å². The van der Waals surface area contributed by atoms with Crippen molar-refractivity contribution in [2.75, 3.05) is 18.4 Å². The van der Waals surface area contributed by atoms with Crippen LogP contribution in [0.4, 0.5) is 19.0 Å². The Bertz CT molecular complexity index is 1660. The average molecular weight is 533 g/mol. The molecule has 0 saturated heterocycles. The molecule has 0 unspecified atom stereocenters. The van der Waals surface area contributed by atoms with Crippen molar-refractivity contribution in [3.63, 3.8) is 0 Å². The fourth-order valence-electron chi connectivity index (χ4n) is 4.23. The predicted octanol–water partition coefficient (Wildman–Crippen LogP) is 3.63. The van der Waals surface area contributed by atoms with Gasteiger partial charge in [-0.05, 0) is 29.3 Å². The summed E-state index contributed by atoms with van der Waals surface area (Å²) in [6, 6.07) is 9.49. The largest absolute Gasteiger partial charge is 0.495 e. The van der Waals surface area contributed by atoms with Gasteiger partial charge in [0.25, 0.3) is 5.56 Å². The number of nitrogens with zero attached hydrogens (tertiary/aromatic N) is 3. The molecule has 37 heavy (non-hydrogen) atoms. The van der Waals surface area contributed by atoms with Gasteiger partial charge in [0.2, 0.25) is 0 Å². The van der Waals surface area contributed by atoms with Crippen LogP contribution >= 0.6 is 0 Å². The number of methoxy groups -OCH3 is 1. The molecule has 0 bridgehead atoms. The number of hydrogen-bond donors (Lipinski definition) is 1. The minimum absolute atomic E-state index is 0.0251. The number of fused-ring (bicyclic) bond motifs is 1. The van der Waals surface area contributed by atoms with Crippen molar-refractivity contribution in [3.05, 3.63) is 93.9 Å². The summed E-state index contributed by atoms with van der Waals surface area (Å²) >= 11 is 0. The number of halogens is 3. The molecule has 1 aliphatic rings. The van der Waals surface area contributed by atoms with E-state index in [-0.39, 0.29) is 47.9 Å². The van der Waals surface area contributed by atoms with E-state index in [0.717, 1.165) is 18.2 Å². The van der Waals surface area contributed by atoms with E-state index in [4.69, 9.17) is 4.74 Å². The Labute approximate surface area is 208 Å². The first-order valence-corrected chi connectivity index (χ1v) is 12.4. The standard InChI is InChI=1S/C24H19F3N4O5S/c1-35-22-11-16(14-2-4-17(25)19(27)10-14)18(26)12-21(22)31-20-6-8-30(13-15(20)3-5-24(31)32)37(33,34)29-23-7-9-36-28-23/h2-5,7,9-12H,6,8,13H2,1H3,(H,28,29).